The average molecular weight is 399 g/mol. The van der Waals surface area contributed by atoms with Crippen LogP contribution in [0.15, 0.2) is 42.5 Å². The van der Waals surface area contributed by atoms with Gasteiger partial charge in [0.05, 0.1) is 22.8 Å². The Kier molecular flexibility index (Phi) is 5.04. The first kappa shape index (κ1) is 18.5. The first-order valence-corrected chi connectivity index (χ1v) is 9.76. The molecule has 1 aromatic heterocycles. The molecule has 0 aliphatic heterocycles. The second-order valence-corrected chi connectivity index (χ2v) is 7.36. The van der Waals surface area contributed by atoms with Crippen molar-refractivity contribution in [2.75, 3.05) is 11.9 Å². The van der Waals surface area contributed by atoms with Crippen molar-refractivity contribution in [3.63, 3.8) is 0 Å². The third-order valence-corrected chi connectivity index (χ3v) is 5.67. The molecule has 0 radical (unpaired) electrons. The molecule has 1 heterocycles. The van der Waals surface area contributed by atoms with Crippen molar-refractivity contribution < 1.29 is 18.7 Å². The van der Waals surface area contributed by atoms with Gasteiger partial charge in [-0.2, -0.15) is 8.75 Å². The van der Waals surface area contributed by atoms with Gasteiger partial charge in [-0.15, -0.1) is 0 Å². The van der Waals surface area contributed by atoms with Crippen LogP contribution in [0.1, 0.15) is 31.2 Å². The van der Waals surface area contributed by atoms with Crippen molar-refractivity contribution in [1.29, 1.82) is 0 Å². The number of hydrogen-bond donors (Lipinski definition) is 1. The van der Waals surface area contributed by atoms with E-state index in [2.05, 4.69) is 14.1 Å². The van der Waals surface area contributed by atoms with E-state index in [9.17, 15) is 14.0 Å². The van der Waals surface area contributed by atoms with Gasteiger partial charge >= 0.3 is 5.97 Å². The molecule has 1 fully saturated rings. The van der Waals surface area contributed by atoms with Gasteiger partial charge in [0.2, 0.25) is 0 Å². The van der Waals surface area contributed by atoms with E-state index >= 15 is 0 Å². The maximum Gasteiger partial charge on any atom is 0.317 e. The van der Waals surface area contributed by atoms with Crippen LogP contribution in [-0.2, 0) is 19.7 Å². The first-order chi connectivity index (χ1) is 13.6. The molecule has 1 aliphatic rings. The molecule has 1 saturated carbocycles. The van der Waals surface area contributed by atoms with Gasteiger partial charge in [-0.25, -0.2) is 4.39 Å². The molecule has 4 rings (SSSR count). The van der Waals surface area contributed by atoms with Crippen molar-refractivity contribution in [2.45, 2.75) is 31.1 Å². The van der Waals surface area contributed by atoms with E-state index in [-0.39, 0.29) is 0 Å². The van der Waals surface area contributed by atoms with Crippen molar-refractivity contribution >= 4 is 40.3 Å². The number of hydrogen-bond acceptors (Lipinski definition) is 6. The number of anilines is 1. The van der Waals surface area contributed by atoms with Gasteiger partial charge in [0, 0.05) is 5.56 Å². The number of ether oxygens (including phenoxy) is 1. The Labute approximate surface area is 165 Å². The first-order valence-electron chi connectivity index (χ1n) is 9.03. The number of benzene rings is 2. The highest BCUT2D eigenvalue weighted by atomic mass is 32.1. The molecule has 8 heteroatoms. The van der Waals surface area contributed by atoms with Crippen LogP contribution < -0.4 is 5.32 Å². The number of nitrogens with zero attached hydrogens (tertiary/aromatic N) is 2. The fourth-order valence-corrected chi connectivity index (χ4v) is 4.32. The predicted molar refractivity (Wildman–Crippen MR) is 104 cm³/mol. The van der Waals surface area contributed by atoms with E-state index in [0.29, 0.717) is 35.1 Å². The molecular weight excluding hydrogens is 381 g/mol. The third kappa shape index (κ3) is 3.35. The Balaban J connectivity index is 1.46. The Hall–Kier alpha value is -2.87. The topological polar surface area (TPSA) is 81.2 Å². The van der Waals surface area contributed by atoms with Crippen LogP contribution >= 0.6 is 11.7 Å². The quantitative estimate of drug-likeness (QED) is 0.660. The van der Waals surface area contributed by atoms with E-state index in [1.54, 1.807) is 36.4 Å². The zero-order chi connectivity index (χ0) is 19.6. The number of nitrogens with one attached hydrogen (secondary N) is 1. The number of carbonyl (C=O) groups excluding carboxylic acids is 2. The van der Waals surface area contributed by atoms with Crippen LogP contribution in [0.5, 0.6) is 0 Å². The molecule has 2 aromatic carbocycles. The van der Waals surface area contributed by atoms with E-state index in [4.69, 9.17) is 4.74 Å². The van der Waals surface area contributed by atoms with Crippen molar-refractivity contribution in [1.82, 2.24) is 8.75 Å². The zero-order valence-electron chi connectivity index (χ0n) is 15.0. The summed E-state index contributed by atoms with van der Waals surface area (Å²) in [6.45, 7) is -0.441. The highest BCUT2D eigenvalue weighted by Gasteiger charge is 2.45. The van der Waals surface area contributed by atoms with Crippen LogP contribution in [0.25, 0.3) is 11.0 Å². The highest BCUT2D eigenvalue weighted by molar-refractivity contribution is 7.00. The van der Waals surface area contributed by atoms with Gasteiger partial charge in [-0.05, 0) is 31.0 Å². The summed E-state index contributed by atoms with van der Waals surface area (Å²) in [5.41, 5.74) is 1.10. The molecule has 0 atom stereocenters. The minimum Gasteiger partial charge on any atom is -0.455 e. The lowest BCUT2D eigenvalue weighted by atomic mass is 9.78. The lowest BCUT2D eigenvalue weighted by Gasteiger charge is -2.27. The molecule has 1 N–H and O–H groups in total. The van der Waals surface area contributed by atoms with Crippen LogP contribution in [0, 0.1) is 5.82 Å². The number of halogens is 1. The van der Waals surface area contributed by atoms with Gasteiger partial charge in [0.25, 0.3) is 5.91 Å². The molecule has 1 aliphatic carbocycles. The van der Waals surface area contributed by atoms with E-state index in [1.807, 2.05) is 0 Å². The van der Waals surface area contributed by atoms with Crippen molar-refractivity contribution in [3.8, 4) is 0 Å². The van der Waals surface area contributed by atoms with E-state index in [0.717, 1.165) is 24.6 Å². The van der Waals surface area contributed by atoms with E-state index < -0.39 is 29.7 Å². The maximum atomic E-state index is 14.4. The Morgan fingerprint density at radius 3 is 2.68 bits per heavy atom. The van der Waals surface area contributed by atoms with Gasteiger partial charge in [0.1, 0.15) is 16.9 Å². The summed E-state index contributed by atoms with van der Waals surface area (Å²) in [5.74, 6) is -1.46. The SMILES string of the molecule is O=C(COC(=O)C1(c2ccccc2F)CCCC1)Nc1cccc2nsnc12. The van der Waals surface area contributed by atoms with Crippen molar-refractivity contribution in [2.24, 2.45) is 0 Å². The fourth-order valence-electron chi connectivity index (χ4n) is 3.77. The minimum absolute atomic E-state index is 0.344. The van der Waals surface area contributed by atoms with Crippen LogP contribution in [-0.4, -0.2) is 27.2 Å². The summed E-state index contributed by atoms with van der Waals surface area (Å²) >= 11 is 1.06. The van der Waals surface area contributed by atoms with Gasteiger partial charge in [-0.1, -0.05) is 37.1 Å². The maximum absolute atomic E-state index is 14.4. The van der Waals surface area contributed by atoms with Gasteiger partial charge in [-0.3, -0.25) is 9.59 Å². The summed E-state index contributed by atoms with van der Waals surface area (Å²) < 4.78 is 27.9. The van der Waals surface area contributed by atoms with Crippen molar-refractivity contribution in [3.05, 3.63) is 53.8 Å². The fraction of sp³-hybridized carbons (Fsp3) is 0.300. The summed E-state index contributed by atoms with van der Waals surface area (Å²) in [6.07, 6.45) is 2.65. The smallest absolute Gasteiger partial charge is 0.317 e. The third-order valence-electron chi connectivity index (χ3n) is 5.13. The molecule has 3 aromatic rings. The van der Waals surface area contributed by atoms with E-state index in [1.165, 1.54) is 6.07 Å². The Morgan fingerprint density at radius 2 is 1.89 bits per heavy atom. The second-order valence-electron chi connectivity index (χ2n) is 6.83. The van der Waals surface area contributed by atoms with Gasteiger partial charge < -0.3 is 10.1 Å². The number of rotatable bonds is 5. The molecule has 0 bridgehead atoms. The average Bonchev–Trinajstić information content (AvgIpc) is 3.37. The lowest BCUT2D eigenvalue weighted by Crippen LogP contribution is -2.37. The molecule has 6 nitrogen and oxygen atoms in total. The minimum atomic E-state index is -1.02. The normalized spacial score (nSPS) is 15.5. The number of fused-ring (bicyclic) bond motifs is 1. The monoisotopic (exact) mass is 399 g/mol. The Morgan fingerprint density at radius 1 is 1.11 bits per heavy atom. The van der Waals surface area contributed by atoms with Crippen LogP contribution in [0.3, 0.4) is 0 Å². The Bertz CT molecular complexity index is 1030. The summed E-state index contributed by atoms with van der Waals surface area (Å²) in [6, 6.07) is 11.5. The lowest BCUT2D eigenvalue weighted by molar-refractivity contribution is -0.153. The molecular formula is C20H18FN3O3S. The van der Waals surface area contributed by atoms with Crippen LogP contribution in [0.4, 0.5) is 10.1 Å². The zero-order valence-corrected chi connectivity index (χ0v) is 15.8. The second kappa shape index (κ2) is 7.63. The summed E-state index contributed by atoms with van der Waals surface area (Å²) in [5, 5.41) is 2.69. The number of carbonyl (C=O) groups is 2. The molecule has 144 valence electrons. The molecule has 0 unspecified atom stereocenters. The molecule has 28 heavy (non-hydrogen) atoms. The highest BCUT2D eigenvalue weighted by Crippen LogP contribution is 2.43. The number of esters is 1. The largest absolute Gasteiger partial charge is 0.455 e. The predicted octanol–water partition coefficient (Wildman–Crippen LogP) is 3.82. The summed E-state index contributed by atoms with van der Waals surface area (Å²) in [4.78, 5) is 25.2. The molecule has 0 spiro atoms. The molecule has 1 amide bonds. The van der Waals surface area contributed by atoms with Gasteiger partial charge in [0.15, 0.2) is 6.61 Å². The standard InChI is InChI=1S/C20H18FN3O3S/c21-14-7-2-1-6-13(14)20(10-3-4-11-20)19(26)27-12-17(25)22-15-8-5-9-16-18(15)24-28-23-16/h1-2,5-9H,3-4,10-12H2,(H,22,25). The molecule has 0 saturated heterocycles. The number of aromatic nitrogens is 2. The van der Waals surface area contributed by atoms with Crippen LogP contribution in [0.2, 0.25) is 0 Å². The summed E-state index contributed by atoms with van der Waals surface area (Å²) in [7, 11) is 0. The number of amides is 1.